The normalized spacial score (nSPS) is 12.6. The molecular formula is C40H42N12O14S4-2. The minimum absolute atomic E-state index is 0.00110. The van der Waals surface area contributed by atoms with Gasteiger partial charge in [-0.05, 0) is 106 Å². The van der Waals surface area contributed by atoms with Crippen molar-refractivity contribution in [1.29, 1.82) is 0 Å². The summed E-state index contributed by atoms with van der Waals surface area (Å²) in [6, 6.07) is 18.4. The Morgan fingerprint density at radius 1 is 0.500 bits per heavy atom. The first kappa shape index (κ1) is 52.7. The molecule has 2 aromatic heterocycles. The second kappa shape index (κ2) is 23.8. The van der Waals surface area contributed by atoms with E-state index in [0.717, 1.165) is 18.2 Å². The quantitative estimate of drug-likeness (QED) is 0.0234. The van der Waals surface area contributed by atoms with Gasteiger partial charge in [-0.1, -0.05) is 24.3 Å². The smallest absolute Gasteiger partial charge is 0.295 e. The van der Waals surface area contributed by atoms with Crippen LogP contribution in [-0.4, -0.2) is 146 Å². The molecule has 4 aromatic carbocycles. The first-order chi connectivity index (χ1) is 33.4. The molecule has 26 nitrogen and oxygen atoms in total. The molecule has 0 aliphatic carbocycles. The van der Waals surface area contributed by atoms with Gasteiger partial charge >= 0.3 is 0 Å². The number of hydrogen-bond acceptors (Lipinski definition) is 24. The molecule has 2 heterocycles. The average molecular weight is 1040 g/mol. The summed E-state index contributed by atoms with van der Waals surface area (Å²) in [5.41, 5.74) is 0.869. The number of anilines is 10. The predicted octanol–water partition coefficient (Wildman–Crippen LogP) is 1.75. The van der Waals surface area contributed by atoms with Crippen molar-refractivity contribution >= 4 is 113 Å². The molecule has 0 radical (unpaired) electrons. The fourth-order valence-electron chi connectivity index (χ4n) is 6.27. The van der Waals surface area contributed by atoms with Crippen LogP contribution in [0.15, 0.2) is 105 Å². The number of rotatable bonds is 24. The Labute approximate surface area is 404 Å². The molecule has 6 rings (SSSR count). The minimum Gasteiger partial charge on any atom is -0.768 e. The number of nitrogens with zero attached hydrogens (tertiary/aromatic N) is 8. The Balaban J connectivity index is 1.29. The van der Waals surface area contributed by atoms with Crippen LogP contribution < -0.4 is 31.1 Å². The van der Waals surface area contributed by atoms with E-state index in [4.69, 9.17) is 0 Å². The molecule has 6 aromatic rings. The fourth-order valence-corrected chi connectivity index (χ4v) is 8.37. The van der Waals surface area contributed by atoms with Crippen molar-refractivity contribution in [3.8, 4) is 0 Å². The standard InChI is InChI=1S/C40H44N12O14S4/c53-19-15-51(16-20-54)39-48-36(42-28-9-13-32(14-10-28)69(61,62)63)45-37(49-39)43-29-5-3-25(33(23-29)68(59)60)1-2-26-4-6-30(24-34(26)70(64,65)66)44-38-46-35(41-27-7-11-31(12-8-27)67(57)58)47-40(50-38)52(17-21-55)18-22-56/h1-14,23-24,53-56H,15-22H2,(H,57,58)(H,59,60)(H,61,62,63)(H,64,65,66)(H2,41,44,46,47,50)(H2,42,43,45,48,49)/p-2/b2-1+. The van der Waals surface area contributed by atoms with Gasteiger partial charge in [-0.25, -0.2) is 0 Å². The van der Waals surface area contributed by atoms with Gasteiger partial charge in [0.1, 0.15) is 4.90 Å². The van der Waals surface area contributed by atoms with Gasteiger partial charge in [0.25, 0.3) is 20.2 Å². The lowest BCUT2D eigenvalue weighted by atomic mass is 10.1. The molecule has 0 saturated carbocycles. The van der Waals surface area contributed by atoms with Crippen LogP contribution in [-0.2, 0) is 42.4 Å². The predicted molar refractivity (Wildman–Crippen MR) is 254 cm³/mol. The zero-order valence-corrected chi connectivity index (χ0v) is 39.3. The van der Waals surface area contributed by atoms with Gasteiger partial charge in [-0.2, -0.15) is 46.7 Å². The molecular weight excluding hydrogens is 1000 g/mol. The molecule has 0 spiro atoms. The van der Waals surface area contributed by atoms with Gasteiger partial charge in [0.05, 0.1) is 31.3 Å². The fraction of sp³-hybridized carbons (Fsp3) is 0.200. The maximum absolute atomic E-state index is 12.8. The van der Waals surface area contributed by atoms with Crippen molar-refractivity contribution in [3.05, 3.63) is 96.1 Å². The van der Waals surface area contributed by atoms with Crippen molar-refractivity contribution in [2.45, 2.75) is 19.6 Å². The molecule has 0 aliphatic rings. The molecule has 30 heteroatoms. The first-order valence-corrected chi connectivity index (χ1v) is 25.2. The molecule has 372 valence electrons. The second-order valence-electron chi connectivity index (χ2n) is 14.2. The summed E-state index contributed by atoms with van der Waals surface area (Å²) in [5, 5.41) is 50.1. The van der Waals surface area contributed by atoms with E-state index < -0.39 is 47.3 Å². The zero-order chi connectivity index (χ0) is 50.6. The number of benzene rings is 4. The zero-order valence-electron chi connectivity index (χ0n) is 36.1. The molecule has 0 bridgehead atoms. The number of aliphatic hydroxyl groups is 4. The van der Waals surface area contributed by atoms with E-state index in [9.17, 15) is 63.9 Å². The lowest BCUT2D eigenvalue weighted by Gasteiger charge is -2.21. The van der Waals surface area contributed by atoms with E-state index in [-0.39, 0.29) is 125 Å². The van der Waals surface area contributed by atoms with Crippen LogP contribution in [0.4, 0.5) is 58.4 Å². The van der Waals surface area contributed by atoms with Crippen molar-refractivity contribution in [3.63, 3.8) is 0 Å². The van der Waals surface area contributed by atoms with E-state index in [0.29, 0.717) is 11.4 Å². The van der Waals surface area contributed by atoms with Crippen LogP contribution >= 0.6 is 0 Å². The largest absolute Gasteiger partial charge is 0.768 e. The average Bonchev–Trinajstić information content (AvgIpc) is 3.31. The summed E-state index contributed by atoms with van der Waals surface area (Å²) in [6.45, 7) is -1.37. The van der Waals surface area contributed by atoms with Crippen LogP contribution in [0.3, 0.4) is 0 Å². The molecule has 0 fully saturated rings. The maximum atomic E-state index is 12.8. The third-order valence-electron chi connectivity index (χ3n) is 9.44. The van der Waals surface area contributed by atoms with Gasteiger partial charge in [-0.15, -0.1) is 0 Å². The van der Waals surface area contributed by atoms with Gasteiger partial charge in [-0.3, -0.25) is 17.5 Å². The topological polar surface area (TPSA) is 402 Å². The molecule has 2 unspecified atom stereocenters. The number of nitrogens with one attached hydrogen (secondary N) is 4. The monoisotopic (exact) mass is 1040 g/mol. The summed E-state index contributed by atoms with van der Waals surface area (Å²) in [6.07, 6.45) is 2.54. The van der Waals surface area contributed by atoms with E-state index in [1.807, 2.05) is 0 Å². The van der Waals surface area contributed by atoms with Crippen LogP contribution in [0.5, 0.6) is 0 Å². The second-order valence-corrected chi connectivity index (χ2v) is 18.9. The summed E-state index contributed by atoms with van der Waals surface area (Å²) in [5.74, 6) is -0.509. The minimum atomic E-state index is -4.95. The van der Waals surface area contributed by atoms with Crippen molar-refractivity contribution in [2.24, 2.45) is 0 Å². The highest BCUT2D eigenvalue weighted by Gasteiger charge is 2.19. The lowest BCUT2D eigenvalue weighted by molar-refractivity contribution is 0.279. The van der Waals surface area contributed by atoms with Crippen LogP contribution in [0.2, 0.25) is 0 Å². The Kier molecular flexibility index (Phi) is 17.9. The van der Waals surface area contributed by atoms with Crippen molar-refractivity contribution < 1.29 is 63.9 Å². The van der Waals surface area contributed by atoms with E-state index in [2.05, 4.69) is 51.2 Å². The molecule has 0 amide bonds. The summed E-state index contributed by atoms with van der Waals surface area (Å²) in [7, 11) is -9.43. The highest BCUT2D eigenvalue weighted by atomic mass is 32.2. The Morgan fingerprint density at radius 3 is 1.29 bits per heavy atom. The Bertz CT molecular complexity index is 3090. The summed E-state index contributed by atoms with van der Waals surface area (Å²) < 4.78 is 116. The van der Waals surface area contributed by atoms with Crippen LogP contribution in [0, 0.1) is 0 Å². The molecule has 70 heavy (non-hydrogen) atoms. The summed E-state index contributed by atoms with van der Waals surface area (Å²) >= 11 is -5.36. The number of hydrogen-bond donors (Lipinski definition) is 10. The summed E-state index contributed by atoms with van der Waals surface area (Å²) in [4.78, 5) is 27.7. The lowest BCUT2D eigenvalue weighted by Crippen LogP contribution is -2.31. The van der Waals surface area contributed by atoms with Crippen LogP contribution in [0.25, 0.3) is 12.2 Å². The van der Waals surface area contributed by atoms with Gasteiger partial charge < -0.3 is 60.6 Å². The Morgan fingerprint density at radius 2 is 0.886 bits per heavy atom. The maximum Gasteiger partial charge on any atom is 0.295 e. The van der Waals surface area contributed by atoms with Gasteiger partial charge in [0.2, 0.25) is 35.7 Å². The highest BCUT2D eigenvalue weighted by Crippen LogP contribution is 2.29. The molecule has 10 N–H and O–H groups in total. The third-order valence-corrected chi connectivity index (χ3v) is 12.6. The van der Waals surface area contributed by atoms with Crippen molar-refractivity contribution in [1.82, 2.24) is 29.9 Å². The van der Waals surface area contributed by atoms with Crippen molar-refractivity contribution in [2.75, 3.05) is 83.7 Å². The van der Waals surface area contributed by atoms with Gasteiger partial charge in [0, 0.05) is 58.7 Å². The van der Waals surface area contributed by atoms with E-state index in [1.54, 1.807) is 0 Å². The van der Waals surface area contributed by atoms with E-state index in [1.165, 1.54) is 88.7 Å². The number of aromatic nitrogens is 6. The highest BCUT2D eigenvalue weighted by molar-refractivity contribution is 7.86. The number of aliphatic hydroxyl groups excluding tert-OH is 4. The molecule has 0 aliphatic heterocycles. The van der Waals surface area contributed by atoms with E-state index >= 15 is 0 Å². The molecule has 0 saturated heterocycles. The van der Waals surface area contributed by atoms with Gasteiger partial charge in [0.15, 0.2) is 0 Å². The molecule has 2 atom stereocenters. The SMILES string of the molecule is O=S([O-])c1ccc(Nc2nc(Nc3ccc(/C=C/c4ccc(Nc5nc(Nc6ccc(S(=O)(=O)O)cc6)nc(N(CCO)CCO)n5)cc4S(=O)[O-])c(S(=O)(=O)O)c3)nc(N(CCO)CCO)n2)cc1. The van der Waals surface area contributed by atoms with Crippen LogP contribution in [0.1, 0.15) is 11.1 Å². The third kappa shape index (κ3) is 14.4. The Hall–Kier alpha value is -6.68. The first-order valence-electron chi connectivity index (χ1n) is 20.2.